The zero-order chi connectivity index (χ0) is 23.3. The smallest absolute Gasteiger partial charge is 0.337 e. The second kappa shape index (κ2) is 10.1. The first-order valence-corrected chi connectivity index (χ1v) is 11.6. The molecule has 0 aromatic heterocycles. The van der Waals surface area contributed by atoms with Crippen molar-refractivity contribution in [1.29, 1.82) is 0 Å². The molecule has 8 heteroatoms. The molecule has 2 aliphatic rings. The van der Waals surface area contributed by atoms with Crippen LogP contribution in [-0.4, -0.2) is 50.9 Å². The van der Waals surface area contributed by atoms with Gasteiger partial charge >= 0.3 is 5.97 Å². The number of nitrogens with one attached hydrogen (secondary N) is 2. The Kier molecular flexibility index (Phi) is 7.22. The van der Waals surface area contributed by atoms with Gasteiger partial charge in [0.2, 0.25) is 5.91 Å². The van der Waals surface area contributed by atoms with Gasteiger partial charge in [-0.2, -0.15) is 0 Å². The van der Waals surface area contributed by atoms with Crippen LogP contribution in [0.1, 0.15) is 41.6 Å². The maximum absolute atomic E-state index is 13.5. The van der Waals surface area contributed by atoms with Crippen LogP contribution in [0.5, 0.6) is 5.75 Å². The Morgan fingerprint density at radius 1 is 1.06 bits per heavy atom. The number of carbonyl (C=O) groups excluding carboxylic acids is 2. The molecule has 33 heavy (non-hydrogen) atoms. The predicted molar refractivity (Wildman–Crippen MR) is 125 cm³/mol. The summed E-state index contributed by atoms with van der Waals surface area (Å²) in [7, 11) is 1.36. The standard InChI is InChI=1S/C25H29ClN2O5/c1-31-22(29)18-5-7-19(8-6-18)24(9-10-24)28-23(30)25(11-14-32-15-12-25)27-13-16-33-21-4-2-3-20(26)17-21/h2-8,17,27H,9-16H2,1H3,(H,28,30). The molecule has 1 aliphatic heterocycles. The number of amides is 1. The Balaban J connectivity index is 1.39. The molecule has 1 saturated heterocycles. The van der Waals surface area contributed by atoms with E-state index < -0.39 is 11.1 Å². The molecule has 7 nitrogen and oxygen atoms in total. The van der Waals surface area contributed by atoms with E-state index >= 15 is 0 Å². The topological polar surface area (TPSA) is 85.9 Å². The number of methoxy groups -OCH3 is 1. The highest BCUT2D eigenvalue weighted by molar-refractivity contribution is 6.30. The van der Waals surface area contributed by atoms with Crippen molar-refractivity contribution in [3.05, 3.63) is 64.7 Å². The lowest BCUT2D eigenvalue weighted by Gasteiger charge is -2.38. The van der Waals surface area contributed by atoms with Crippen LogP contribution in [0.3, 0.4) is 0 Å². The van der Waals surface area contributed by atoms with Gasteiger partial charge in [0.05, 0.1) is 18.2 Å². The highest BCUT2D eigenvalue weighted by Gasteiger charge is 2.50. The van der Waals surface area contributed by atoms with E-state index in [0.29, 0.717) is 55.5 Å². The summed E-state index contributed by atoms with van der Waals surface area (Å²) in [5, 5.41) is 7.35. The minimum atomic E-state index is -0.711. The molecule has 4 rings (SSSR count). The third kappa shape index (κ3) is 5.49. The van der Waals surface area contributed by atoms with Crippen molar-refractivity contribution in [2.45, 2.75) is 36.8 Å². The Morgan fingerprint density at radius 2 is 1.79 bits per heavy atom. The third-order valence-corrected chi connectivity index (χ3v) is 6.61. The van der Waals surface area contributed by atoms with E-state index in [1.165, 1.54) is 7.11 Å². The summed E-state index contributed by atoms with van der Waals surface area (Å²) in [4.78, 5) is 25.2. The van der Waals surface area contributed by atoms with Crippen molar-refractivity contribution in [2.75, 3.05) is 33.5 Å². The van der Waals surface area contributed by atoms with Gasteiger partial charge in [-0.1, -0.05) is 29.8 Å². The first-order valence-electron chi connectivity index (χ1n) is 11.2. The number of rotatable bonds is 9. The zero-order valence-electron chi connectivity index (χ0n) is 18.7. The fraction of sp³-hybridized carbons (Fsp3) is 0.440. The van der Waals surface area contributed by atoms with Gasteiger partial charge in [-0.15, -0.1) is 0 Å². The van der Waals surface area contributed by atoms with E-state index in [0.717, 1.165) is 18.4 Å². The maximum atomic E-state index is 13.5. The lowest BCUT2D eigenvalue weighted by Crippen LogP contribution is -2.61. The molecule has 2 N–H and O–H groups in total. The van der Waals surface area contributed by atoms with Crippen LogP contribution in [0.4, 0.5) is 0 Å². The van der Waals surface area contributed by atoms with Gasteiger partial charge in [-0.05, 0) is 61.6 Å². The van der Waals surface area contributed by atoms with Gasteiger partial charge in [0.25, 0.3) is 0 Å². The highest BCUT2D eigenvalue weighted by Crippen LogP contribution is 2.46. The Morgan fingerprint density at radius 3 is 2.42 bits per heavy atom. The number of hydrogen-bond donors (Lipinski definition) is 2. The molecule has 0 unspecified atom stereocenters. The van der Waals surface area contributed by atoms with Crippen LogP contribution in [0.2, 0.25) is 5.02 Å². The second-order valence-electron chi connectivity index (χ2n) is 8.53. The molecule has 0 radical (unpaired) electrons. The van der Waals surface area contributed by atoms with Crippen molar-refractivity contribution >= 4 is 23.5 Å². The van der Waals surface area contributed by atoms with E-state index in [-0.39, 0.29) is 11.9 Å². The van der Waals surface area contributed by atoms with Crippen LogP contribution in [0, 0.1) is 0 Å². The molecule has 2 aromatic rings. The molecule has 0 bridgehead atoms. The van der Waals surface area contributed by atoms with Crippen molar-refractivity contribution in [3.8, 4) is 5.75 Å². The van der Waals surface area contributed by atoms with E-state index in [2.05, 4.69) is 10.6 Å². The van der Waals surface area contributed by atoms with Crippen molar-refractivity contribution in [1.82, 2.24) is 10.6 Å². The minimum absolute atomic E-state index is 0.0249. The maximum Gasteiger partial charge on any atom is 0.337 e. The average Bonchev–Trinajstić information content (AvgIpc) is 3.62. The number of hydrogen-bond acceptors (Lipinski definition) is 6. The zero-order valence-corrected chi connectivity index (χ0v) is 19.5. The van der Waals surface area contributed by atoms with Crippen LogP contribution in [0.25, 0.3) is 0 Å². The van der Waals surface area contributed by atoms with Gasteiger partial charge in [-0.25, -0.2) is 4.79 Å². The lowest BCUT2D eigenvalue weighted by molar-refractivity contribution is -0.133. The number of ether oxygens (including phenoxy) is 3. The summed E-state index contributed by atoms with van der Waals surface area (Å²) in [6.45, 7) is 1.98. The molecule has 1 saturated carbocycles. The summed E-state index contributed by atoms with van der Waals surface area (Å²) in [6, 6.07) is 14.5. The summed E-state index contributed by atoms with van der Waals surface area (Å²) in [6.07, 6.45) is 2.91. The van der Waals surface area contributed by atoms with Crippen molar-refractivity contribution < 1.29 is 23.8 Å². The first kappa shape index (κ1) is 23.5. The van der Waals surface area contributed by atoms with E-state index in [1.54, 1.807) is 24.3 Å². The van der Waals surface area contributed by atoms with E-state index in [1.807, 2.05) is 24.3 Å². The van der Waals surface area contributed by atoms with Crippen LogP contribution < -0.4 is 15.4 Å². The normalized spacial score (nSPS) is 18.2. The van der Waals surface area contributed by atoms with E-state index in [9.17, 15) is 9.59 Å². The highest BCUT2D eigenvalue weighted by atomic mass is 35.5. The molecular weight excluding hydrogens is 444 g/mol. The Bertz CT molecular complexity index is 985. The molecule has 2 fully saturated rings. The molecule has 0 spiro atoms. The van der Waals surface area contributed by atoms with E-state index in [4.69, 9.17) is 25.8 Å². The van der Waals surface area contributed by atoms with Gasteiger partial charge in [0.15, 0.2) is 0 Å². The van der Waals surface area contributed by atoms with Crippen molar-refractivity contribution in [2.24, 2.45) is 0 Å². The first-order chi connectivity index (χ1) is 16.0. The summed E-state index contributed by atoms with van der Waals surface area (Å²) < 4.78 is 16.1. The largest absolute Gasteiger partial charge is 0.492 e. The molecular formula is C25H29ClN2O5. The van der Waals surface area contributed by atoms with Gasteiger partial charge in [0, 0.05) is 24.8 Å². The third-order valence-electron chi connectivity index (χ3n) is 6.37. The summed E-state index contributed by atoms with van der Waals surface area (Å²) in [5.74, 6) is 0.297. The Labute approximate surface area is 198 Å². The number of halogens is 1. The van der Waals surface area contributed by atoms with Crippen LogP contribution >= 0.6 is 11.6 Å². The predicted octanol–water partition coefficient (Wildman–Crippen LogP) is 3.45. The Hall–Kier alpha value is -2.61. The molecule has 1 aliphatic carbocycles. The fourth-order valence-corrected chi connectivity index (χ4v) is 4.39. The molecule has 0 atom stereocenters. The fourth-order valence-electron chi connectivity index (χ4n) is 4.21. The average molecular weight is 473 g/mol. The van der Waals surface area contributed by atoms with Gasteiger partial charge < -0.3 is 19.5 Å². The minimum Gasteiger partial charge on any atom is -0.492 e. The number of carbonyl (C=O) groups is 2. The monoisotopic (exact) mass is 472 g/mol. The molecule has 1 amide bonds. The second-order valence-corrected chi connectivity index (χ2v) is 8.97. The van der Waals surface area contributed by atoms with Crippen LogP contribution in [-0.2, 0) is 19.8 Å². The molecule has 176 valence electrons. The molecule has 2 aromatic carbocycles. The summed E-state index contributed by atoms with van der Waals surface area (Å²) >= 11 is 6.01. The van der Waals surface area contributed by atoms with Crippen LogP contribution in [0.15, 0.2) is 48.5 Å². The van der Waals surface area contributed by atoms with Gasteiger partial charge in [0.1, 0.15) is 17.9 Å². The molecule has 1 heterocycles. The van der Waals surface area contributed by atoms with Crippen molar-refractivity contribution in [3.63, 3.8) is 0 Å². The lowest BCUT2D eigenvalue weighted by atomic mass is 9.88. The van der Waals surface area contributed by atoms with Gasteiger partial charge in [-0.3, -0.25) is 10.1 Å². The summed E-state index contributed by atoms with van der Waals surface area (Å²) in [5.41, 5.74) is 0.383. The number of esters is 1. The quantitative estimate of drug-likeness (QED) is 0.429. The number of benzene rings is 2. The SMILES string of the molecule is COC(=O)c1ccc(C2(NC(=O)C3(NCCOc4cccc(Cl)c4)CCOCC3)CC2)cc1.